The molecule has 6 nitrogen and oxygen atoms in total. The highest BCUT2D eigenvalue weighted by Crippen LogP contribution is 2.05. The minimum atomic E-state index is -0.678. The molecule has 27 heavy (non-hydrogen) atoms. The number of halogens is 1. The van der Waals surface area contributed by atoms with Crippen molar-refractivity contribution in [1.82, 2.24) is 15.0 Å². The van der Waals surface area contributed by atoms with Crippen LogP contribution in [0.25, 0.3) is 6.08 Å². The molecule has 3 rings (SSSR count). The third kappa shape index (κ3) is 5.43. The Balaban J connectivity index is 1.50. The van der Waals surface area contributed by atoms with Crippen molar-refractivity contribution in [2.75, 3.05) is 6.61 Å². The lowest BCUT2D eigenvalue weighted by atomic mass is 10.1. The van der Waals surface area contributed by atoms with Crippen LogP contribution < -0.4 is 0 Å². The van der Waals surface area contributed by atoms with Crippen molar-refractivity contribution in [2.24, 2.45) is 0 Å². The van der Waals surface area contributed by atoms with Crippen LogP contribution in [0.1, 0.15) is 21.6 Å². The maximum absolute atomic E-state index is 12.8. The quantitative estimate of drug-likeness (QED) is 0.366. The van der Waals surface area contributed by atoms with Crippen LogP contribution in [0.3, 0.4) is 0 Å². The first-order valence-corrected chi connectivity index (χ1v) is 8.18. The first kappa shape index (κ1) is 18.2. The Bertz CT molecular complexity index is 950. The zero-order chi connectivity index (χ0) is 19.1. The van der Waals surface area contributed by atoms with Gasteiger partial charge in [-0.05, 0) is 35.9 Å². The topological polar surface area (TPSA) is 74.1 Å². The zero-order valence-corrected chi connectivity index (χ0v) is 14.3. The SMILES string of the molecule is O=C(/C=C/c1cn(Cc2ccccc2)nn1)OCC(=O)c1ccc(F)cc1. The van der Waals surface area contributed by atoms with Crippen LogP contribution in [0.5, 0.6) is 0 Å². The summed E-state index contributed by atoms with van der Waals surface area (Å²) < 4.78 is 19.4. The molecule has 3 aromatic rings. The number of aromatic nitrogens is 3. The predicted octanol–water partition coefficient (Wildman–Crippen LogP) is 2.90. The van der Waals surface area contributed by atoms with E-state index in [1.807, 2.05) is 30.3 Å². The normalized spacial score (nSPS) is 10.9. The molecule has 2 aromatic carbocycles. The number of Topliss-reactive ketones (excluding diaryl/α,β-unsaturated/α-hetero) is 1. The molecule has 0 aliphatic carbocycles. The van der Waals surface area contributed by atoms with Gasteiger partial charge in [-0.3, -0.25) is 4.79 Å². The molecule has 0 aliphatic heterocycles. The van der Waals surface area contributed by atoms with Gasteiger partial charge in [0.05, 0.1) is 12.7 Å². The van der Waals surface area contributed by atoms with E-state index in [9.17, 15) is 14.0 Å². The Morgan fingerprint density at radius 3 is 2.56 bits per heavy atom. The molecule has 0 saturated heterocycles. The summed E-state index contributed by atoms with van der Waals surface area (Å²) in [4.78, 5) is 23.6. The van der Waals surface area contributed by atoms with Crippen molar-refractivity contribution in [3.8, 4) is 0 Å². The first-order chi connectivity index (χ1) is 13.1. The number of rotatable bonds is 7. The third-order valence-electron chi connectivity index (χ3n) is 3.65. The van der Waals surface area contributed by atoms with Gasteiger partial charge in [0.1, 0.15) is 11.5 Å². The van der Waals surface area contributed by atoms with Crippen LogP contribution in [0, 0.1) is 5.82 Å². The van der Waals surface area contributed by atoms with Crippen molar-refractivity contribution in [3.05, 3.63) is 89.5 Å². The monoisotopic (exact) mass is 365 g/mol. The predicted molar refractivity (Wildman–Crippen MR) is 96.3 cm³/mol. The molecule has 0 amide bonds. The average Bonchev–Trinajstić information content (AvgIpc) is 3.13. The van der Waals surface area contributed by atoms with Gasteiger partial charge in [-0.1, -0.05) is 35.5 Å². The summed E-state index contributed by atoms with van der Waals surface area (Å²) in [5.74, 6) is -1.53. The molecule has 1 aromatic heterocycles. The lowest BCUT2D eigenvalue weighted by Crippen LogP contribution is -2.12. The molecule has 1 heterocycles. The molecular formula is C20H16FN3O3. The molecule has 0 spiro atoms. The van der Waals surface area contributed by atoms with Gasteiger partial charge >= 0.3 is 5.97 Å². The maximum atomic E-state index is 12.8. The third-order valence-corrected chi connectivity index (χ3v) is 3.65. The van der Waals surface area contributed by atoms with E-state index in [0.717, 1.165) is 5.56 Å². The van der Waals surface area contributed by atoms with Crippen LogP contribution in [-0.2, 0) is 16.1 Å². The minimum Gasteiger partial charge on any atom is -0.454 e. The van der Waals surface area contributed by atoms with E-state index >= 15 is 0 Å². The molecule has 0 bridgehead atoms. The summed E-state index contributed by atoms with van der Waals surface area (Å²) in [7, 11) is 0. The molecule has 0 aliphatic rings. The Morgan fingerprint density at radius 1 is 1.07 bits per heavy atom. The fraction of sp³-hybridized carbons (Fsp3) is 0.100. The van der Waals surface area contributed by atoms with Crippen LogP contribution >= 0.6 is 0 Å². The fourth-order valence-corrected chi connectivity index (χ4v) is 2.29. The molecule has 0 saturated carbocycles. The Morgan fingerprint density at radius 2 is 1.81 bits per heavy atom. The molecule has 0 atom stereocenters. The number of ketones is 1. The molecule has 0 radical (unpaired) electrons. The van der Waals surface area contributed by atoms with E-state index in [0.29, 0.717) is 12.2 Å². The van der Waals surface area contributed by atoms with Gasteiger partial charge in [0, 0.05) is 11.6 Å². The van der Waals surface area contributed by atoms with E-state index in [1.54, 1.807) is 10.9 Å². The lowest BCUT2D eigenvalue weighted by molar-refractivity contribution is -0.136. The van der Waals surface area contributed by atoms with Crippen molar-refractivity contribution < 1.29 is 18.7 Å². The van der Waals surface area contributed by atoms with Crippen molar-refractivity contribution in [2.45, 2.75) is 6.54 Å². The van der Waals surface area contributed by atoms with E-state index in [4.69, 9.17) is 4.74 Å². The summed E-state index contributed by atoms with van der Waals surface area (Å²) in [6.45, 7) is 0.147. The van der Waals surface area contributed by atoms with Crippen LogP contribution in [-0.4, -0.2) is 33.4 Å². The first-order valence-electron chi connectivity index (χ1n) is 8.18. The van der Waals surface area contributed by atoms with Crippen molar-refractivity contribution in [3.63, 3.8) is 0 Å². The van der Waals surface area contributed by atoms with Gasteiger partial charge in [-0.25, -0.2) is 13.9 Å². The largest absolute Gasteiger partial charge is 0.454 e. The Kier molecular flexibility index (Phi) is 5.84. The maximum Gasteiger partial charge on any atom is 0.331 e. The number of ether oxygens (including phenoxy) is 1. The second-order valence-electron chi connectivity index (χ2n) is 5.70. The zero-order valence-electron chi connectivity index (χ0n) is 14.3. The highest BCUT2D eigenvalue weighted by atomic mass is 19.1. The number of carbonyl (C=O) groups excluding carboxylic acids is 2. The number of hydrogen-bond acceptors (Lipinski definition) is 5. The number of benzene rings is 2. The van der Waals surface area contributed by atoms with E-state index in [1.165, 1.54) is 36.4 Å². The highest BCUT2D eigenvalue weighted by molar-refractivity contribution is 5.98. The Hall–Kier alpha value is -3.61. The minimum absolute atomic E-state index is 0.275. The number of nitrogens with zero attached hydrogens (tertiary/aromatic N) is 3. The summed E-state index contributed by atoms with van der Waals surface area (Å²) in [5.41, 5.74) is 1.85. The molecule has 0 N–H and O–H groups in total. The van der Waals surface area contributed by atoms with Gasteiger partial charge in [-0.2, -0.15) is 0 Å². The lowest BCUT2D eigenvalue weighted by Gasteiger charge is -2.01. The van der Waals surface area contributed by atoms with Gasteiger partial charge in [0.25, 0.3) is 0 Å². The molecule has 136 valence electrons. The van der Waals surface area contributed by atoms with Crippen LogP contribution in [0.15, 0.2) is 66.9 Å². The van der Waals surface area contributed by atoms with E-state index < -0.39 is 24.2 Å². The number of esters is 1. The molecular weight excluding hydrogens is 349 g/mol. The fourth-order valence-electron chi connectivity index (χ4n) is 2.29. The smallest absolute Gasteiger partial charge is 0.331 e. The van der Waals surface area contributed by atoms with Crippen LogP contribution in [0.2, 0.25) is 0 Å². The van der Waals surface area contributed by atoms with E-state index in [2.05, 4.69) is 10.3 Å². The van der Waals surface area contributed by atoms with Gasteiger partial charge in [0.2, 0.25) is 0 Å². The van der Waals surface area contributed by atoms with Gasteiger partial charge in [-0.15, -0.1) is 5.10 Å². The molecule has 7 heteroatoms. The second kappa shape index (κ2) is 8.66. The number of hydrogen-bond donors (Lipinski definition) is 0. The van der Waals surface area contributed by atoms with Gasteiger partial charge < -0.3 is 4.74 Å². The molecule has 0 fully saturated rings. The van der Waals surface area contributed by atoms with Crippen molar-refractivity contribution in [1.29, 1.82) is 0 Å². The number of carbonyl (C=O) groups is 2. The highest BCUT2D eigenvalue weighted by Gasteiger charge is 2.08. The molecule has 0 unspecified atom stereocenters. The summed E-state index contributed by atoms with van der Waals surface area (Å²) >= 11 is 0. The standard InChI is InChI=1S/C20H16FN3O3/c21-17-8-6-16(7-9-17)19(25)14-27-20(26)11-10-18-13-24(23-22-18)12-15-4-2-1-3-5-15/h1-11,13H,12,14H2/b11-10+. The summed E-state index contributed by atoms with van der Waals surface area (Å²) in [6.07, 6.45) is 4.33. The summed E-state index contributed by atoms with van der Waals surface area (Å²) in [5, 5.41) is 7.94. The summed E-state index contributed by atoms with van der Waals surface area (Å²) in [6, 6.07) is 14.8. The Labute approximate surface area is 154 Å². The second-order valence-corrected chi connectivity index (χ2v) is 5.70. The van der Waals surface area contributed by atoms with E-state index in [-0.39, 0.29) is 5.56 Å². The van der Waals surface area contributed by atoms with Crippen molar-refractivity contribution >= 4 is 17.8 Å². The van der Waals surface area contributed by atoms with Gasteiger partial charge in [0.15, 0.2) is 12.4 Å². The average molecular weight is 365 g/mol. The van der Waals surface area contributed by atoms with Crippen LogP contribution in [0.4, 0.5) is 4.39 Å².